The Bertz CT molecular complexity index is 643. The molecule has 26 heavy (non-hydrogen) atoms. The third kappa shape index (κ3) is 5.21. The van der Waals surface area contributed by atoms with Crippen molar-refractivity contribution in [2.45, 2.75) is 11.3 Å². The van der Waals surface area contributed by atoms with Gasteiger partial charge in [-0.1, -0.05) is 12.1 Å². The highest BCUT2D eigenvalue weighted by molar-refractivity contribution is 7.99. The van der Waals surface area contributed by atoms with Crippen molar-refractivity contribution in [3.63, 3.8) is 0 Å². The fourth-order valence-corrected chi connectivity index (χ4v) is 4.29. The van der Waals surface area contributed by atoms with Gasteiger partial charge in [0.2, 0.25) is 5.91 Å². The van der Waals surface area contributed by atoms with Gasteiger partial charge in [0.1, 0.15) is 0 Å². The van der Waals surface area contributed by atoms with E-state index in [-0.39, 0.29) is 5.91 Å². The predicted octanol–water partition coefficient (Wildman–Crippen LogP) is 1.67. The Labute approximate surface area is 159 Å². The molecule has 0 unspecified atom stereocenters. The van der Waals surface area contributed by atoms with Crippen LogP contribution in [0.25, 0.3) is 0 Å². The lowest BCUT2D eigenvalue weighted by Gasteiger charge is -2.32. The molecule has 6 nitrogen and oxygen atoms in total. The normalized spacial score (nSPS) is 17.8. The van der Waals surface area contributed by atoms with Gasteiger partial charge in [0.15, 0.2) is 0 Å². The van der Waals surface area contributed by atoms with Gasteiger partial charge >= 0.3 is 0 Å². The summed E-state index contributed by atoms with van der Waals surface area (Å²) < 4.78 is 5.39. The minimum atomic E-state index is 0.123. The van der Waals surface area contributed by atoms with Crippen molar-refractivity contribution in [1.29, 1.82) is 5.26 Å². The quantitative estimate of drug-likeness (QED) is 0.724. The molecule has 0 radical (unpaired) electrons. The summed E-state index contributed by atoms with van der Waals surface area (Å²) in [4.78, 5) is 20.5. The van der Waals surface area contributed by atoms with E-state index in [1.807, 2.05) is 23.1 Å². The molecule has 140 valence electrons. The number of hydrogen-bond donors (Lipinski definition) is 0. The van der Waals surface area contributed by atoms with Gasteiger partial charge in [-0.25, -0.2) is 0 Å². The summed E-state index contributed by atoms with van der Waals surface area (Å²) >= 11 is 1.80. The van der Waals surface area contributed by atoms with Gasteiger partial charge in [-0.15, -0.1) is 11.8 Å². The molecule has 2 aliphatic rings. The Morgan fingerprint density at radius 3 is 2.85 bits per heavy atom. The number of anilines is 1. The number of thioether (sulfide) groups is 1. The maximum Gasteiger partial charge on any atom is 0.241 e. The van der Waals surface area contributed by atoms with Crippen molar-refractivity contribution >= 4 is 23.4 Å². The number of morpholine rings is 1. The van der Waals surface area contributed by atoms with Crippen LogP contribution in [-0.4, -0.2) is 80.5 Å². The lowest BCUT2D eigenvalue weighted by Crippen LogP contribution is -2.46. The van der Waals surface area contributed by atoms with Gasteiger partial charge in [0.05, 0.1) is 31.5 Å². The third-order valence-corrected chi connectivity index (χ3v) is 5.81. The minimum absolute atomic E-state index is 0.123. The fraction of sp³-hybridized carbons (Fsp3) is 0.579. The highest BCUT2D eigenvalue weighted by Gasteiger charge is 2.24. The van der Waals surface area contributed by atoms with E-state index < -0.39 is 0 Å². The Kier molecular flexibility index (Phi) is 7.32. The topological polar surface area (TPSA) is 59.8 Å². The Hall–Kier alpha value is -1.59. The number of carbonyl (C=O) groups excluding carboxylic acids is 1. The number of nitrogens with zero attached hydrogens (tertiary/aromatic N) is 4. The molecule has 1 aromatic carbocycles. The first-order valence-corrected chi connectivity index (χ1v) is 10.2. The standard InChI is InChI=1S/C19H26N4O2S/c20-6-3-7-22(9-8-21-10-13-25-14-11-21)16-19(24)23-12-15-26-18-5-2-1-4-17(18)23/h1-2,4-5H,3,7-16H2. The van der Waals surface area contributed by atoms with Gasteiger partial charge in [-0.05, 0) is 12.1 Å². The number of rotatable bonds is 7. The summed E-state index contributed by atoms with van der Waals surface area (Å²) in [6, 6.07) is 10.3. The van der Waals surface area contributed by atoms with Crippen LogP contribution >= 0.6 is 11.8 Å². The Morgan fingerprint density at radius 2 is 2.04 bits per heavy atom. The molecule has 2 aliphatic heterocycles. The third-order valence-electron chi connectivity index (χ3n) is 4.76. The molecular formula is C19H26N4O2S. The minimum Gasteiger partial charge on any atom is -0.379 e. The largest absolute Gasteiger partial charge is 0.379 e. The molecule has 0 N–H and O–H groups in total. The maximum absolute atomic E-state index is 12.9. The number of amides is 1. The zero-order valence-corrected chi connectivity index (χ0v) is 15.9. The molecule has 0 saturated carbocycles. The van der Waals surface area contributed by atoms with Crippen LogP contribution in [0.3, 0.4) is 0 Å². The van der Waals surface area contributed by atoms with E-state index >= 15 is 0 Å². The van der Waals surface area contributed by atoms with E-state index in [1.54, 1.807) is 11.8 Å². The predicted molar refractivity (Wildman–Crippen MR) is 103 cm³/mol. The molecule has 3 rings (SSSR count). The summed E-state index contributed by atoms with van der Waals surface area (Å²) in [7, 11) is 0. The second-order valence-corrected chi connectivity index (χ2v) is 7.64. The highest BCUT2D eigenvalue weighted by Crippen LogP contribution is 2.34. The van der Waals surface area contributed by atoms with Crippen molar-refractivity contribution in [3.8, 4) is 6.07 Å². The number of benzene rings is 1. The molecule has 7 heteroatoms. The van der Waals surface area contributed by atoms with Crippen LogP contribution in [0, 0.1) is 11.3 Å². The number of fused-ring (bicyclic) bond motifs is 1. The average molecular weight is 375 g/mol. The van der Waals surface area contributed by atoms with E-state index in [0.29, 0.717) is 19.5 Å². The van der Waals surface area contributed by atoms with E-state index in [4.69, 9.17) is 10.00 Å². The smallest absolute Gasteiger partial charge is 0.241 e. The van der Waals surface area contributed by atoms with Gasteiger partial charge < -0.3 is 9.64 Å². The van der Waals surface area contributed by atoms with Crippen LogP contribution in [0.1, 0.15) is 6.42 Å². The first-order chi connectivity index (χ1) is 12.8. The molecule has 0 atom stereocenters. The summed E-state index contributed by atoms with van der Waals surface area (Å²) in [5, 5.41) is 8.94. The highest BCUT2D eigenvalue weighted by atomic mass is 32.2. The van der Waals surface area contributed by atoms with Crippen LogP contribution in [0.15, 0.2) is 29.2 Å². The Balaban J connectivity index is 1.59. The summed E-state index contributed by atoms with van der Waals surface area (Å²) in [6.45, 7) is 6.90. The van der Waals surface area contributed by atoms with Gasteiger partial charge in [-0.2, -0.15) is 5.26 Å². The number of nitriles is 1. The zero-order chi connectivity index (χ0) is 18.2. The van der Waals surface area contributed by atoms with E-state index in [9.17, 15) is 4.79 Å². The summed E-state index contributed by atoms with van der Waals surface area (Å²) in [5.74, 6) is 1.05. The second kappa shape index (κ2) is 9.93. The molecule has 1 saturated heterocycles. The molecule has 0 spiro atoms. The van der Waals surface area contributed by atoms with Crippen molar-refractivity contribution < 1.29 is 9.53 Å². The van der Waals surface area contributed by atoms with Gasteiger partial charge in [0.25, 0.3) is 0 Å². The fourth-order valence-electron chi connectivity index (χ4n) is 3.29. The SMILES string of the molecule is N#CCCN(CCN1CCOCC1)CC(=O)N1CCSc2ccccc21. The number of para-hydroxylation sites is 1. The first kappa shape index (κ1) is 19.2. The lowest BCUT2D eigenvalue weighted by atomic mass is 10.2. The summed E-state index contributed by atoms with van der Waals surface area (Å²) in [6.07, 6.45) is 0.447. The monoisotopic (exact) mass is 374 g/mol. The number of hydrogen-bond acceptors (Lipinski definition) is 6. The van der Waals surface area contributed by atoms with E-state index in [1.165, 1.54) is 4.90 Å². The van der Waals surface area contributed by atoms with Crippen LogP contribution in [0.2, 0.25) is 0 Å². The molecule has 0 aromatic heterocycles. The van der Waals surface area contributed by atoms with Crippen molar-refractivity contribution in [2.75, 3.05) is 69.7 Å². The van der Waals surface area contributed by atoms with E-state index in [0.717, 1.165) is 57.4 Å². The summed E-state index contributed by atoms with van der Waals surface area (Å²) in [5.41, 5.74) is 1.02. The van der Waals surface area contributed by atoms with Crippen molar-refractivity contribution in [1.82, 2.24) is 9.80 Å². The first-order valence-electron chi connectivity index (χ1n) is 9.19. The van der Waals surface area contributed by atoms with Crippen molar-refractivity contribution in [3.05, 3.63) is 24.3 Å². The Morgan fingerprint density at radius 1 is 1.23 bits per heavy atom. The van der Waals surface area contributed by atoms with Gasteiger partial charge in [-0.3, -0.25) is 14.6 Å². The number of carbonyl (C=O) groups is 1. The maximum atomic E-state index is 12.9. The van der Waals surface area contributed by atoms with Crippen LogP contribution in [0.4, 0.5) is 5.69 Å². The molecule has 0 bridgehead atoms. The average Bonchev–Trinajstić information content (AvgIpc) is 2.70. The lowest BCUT2D eigenvalue weighted by molar-refractivity contribution is -0.119. The van der Waals surface area contributed by atoms with Gasteiger partial charge in [0, 0.05) is 56.3 Å². The van der Waals surface area contributed by atoms with Crippen LogP contribution < -0.4 is 4.90 Å². The molecular weight excluding hydrogens is 348 g/mol. The molecule has 1 fully saturated rings. The molecule has 1 aromatic rings. The van der Waals surface area contributed by atoms with Crippen LogP contribution in [0.5, 0.6) is 0 Å². The van der Waals surface area contributed by atoms with Crippen molar-refractivity contribution in [2.24, 2.45) is 0 Å². The number of ether oxygens (including phenoxy) is 1. The molecule has 1 amide bonds. The van der Waals surface area contributed by atoms with Crippen LogP contribution in [-0.2, 0) is 9.53 Å². The zero-order valence-electron chi connectivity index (χ0n) is 15.1. The molecule has 2 heterocycles. The second-order valence-electron chi connectivity index (χ2n) is 6.50. The van der Waals surface area contributed by atoms with E-state index in [2.05, 4.69) is 21.9 Å². The molecule has 0 aliphatic carbocycles.